The summed E-state index contributed by atoms with van der Waals surface area (Å²) in [7, 11) is 0. The molecule has 1 aromatic rings. The van der Waals surface area contributed by atoms with Crippen LogP contribution in [0.2, 0.25) is 0 Å². The molecule has 2 heterocycles. The molecule has 5 heteroatoms. The fraction of sp³-hybridized carbons (Fsp3) is 0.708. The predicted octanol–water partition coefficient (Wildman–Crippen LogP) is 5.57. The highest BCUT2D eigenvalue weighted by Crippen LogP contribution is 2.30. The van der Waals surface area contributed by atoms with Gasteiger partial charge in [-0.15, -0.1) is 0 Å². The van der Waals surface area contributed by atoms with Crippen LogP contribution < -0.4 is 4.74 Å². The summed E-state index contributed by atoms with van der Waals surface area (Å²) >= 11 is 0. The van der Waals surface area contributed by atoms with Crippen LogP contribution in [0.5, 0.6) is 5.75 Å². The Kier molecular flexibility index (Phi) is 8.96. The van der Waals surface area contributed by atoms with E-state index in [0.29, 0.717) is 11.7 Å². The van der Waals surface area contributed by atoms with E-state index in [1.54, 1.807) is 12.1 Å². The highest BCUT2D eigenvalue weighted by Gasteiger charge is 2.45. The second-order valence-electron chi connectivity index (χ2n) is 8.30. The van der Waals surface area contributed by atoms with Gasteiger partial charge < -0.3 is 18.9 Å². The molecule has 5 nitrogen and oxygen atoms in total. The minimum absolute atomic E-state index is 0.0279. The summed E-state index contributed by atoms with van der Waals surface area (Å²) in [5.41, 5.74) is 0.953. The van der Waals surface area contributed by atoms with Crippen LogP contribution in [-0.2, 0) is 19.0 Å². The molecule has 1 aromatic carbocycles. The number of epoxide rings is 1. The van der Waals surface area contributed by atoms with E-state index in [4.69, 9.17) is 18.9 Å². The third-order valence-electron chi connectivity index (χ3n) is 5.69. The van der Waals surface area contributed by atoms with Gasteiger partial charge in [0.05, 0.1) is 19.3 Å². The Morgan fingerprint density at radius 2 is 1.62 bits per heavy atom. The van der Waals surface area contributed by atoms with Gasteiger partial charge in [0.25, 0.3) is 0 Å². The number of ether oxygens (including phenoxy) is 4. The summed E-state index contributed by atoms with van der Waals surface area (Å²) in [6, 6.07) is 7.39. The molecule has 0 N–H and O–H groups in total. The van der Waals surface area contributed by atoms with E-state index in [0.717, 1.165) is 31.6 Å². The van der Waals surface area contributed by atoms with Crippen molar-refractivity contribution in [1.29, 1.82) is 0 Å². The molecule has 0 aromatic heterocycles. The molecule has 0 saturated carbocycles. The van der Waals surface area contributed by atoms with E-state index in [1.807, 2.05) is 12.1 Å². The topological polar surface area (TPSA) is 57.3 Å². The van der Waals surface area contributed by atoms with Gasteiger partial charge in [0.1, 0.15) is 5.75 Å². The Morgan fingerprint density at radius 1 is 0.931 bits per heavy atom. The van der Waals surface area contributed by atoms with Crippen LogP contribution >= 0.6 is 0 Å². The van der Waals surface area contributed by atoms with Crippen LogP contribution in [0.3, 0.4) is 0 Å². The molecule has 0 bridgehead atoms. The van der Waals surface area contributed by atoms with Crippen molar-refractivity contribution in [2.45, 2.75) is 90.1 Å². The zero-order valence-electron chi connectivity index (χ0n) is 17.9. The van der Waals surface area contributed by atoms with E-state index < -0.39 is 6.10 Å². The standard InChI is InChI=1S/C24H36O5/c1-3-5-6-7-8-9-11-18-16-26-24(27-17-18)19-12-14-20(15-13-19)28-23(25)22-21(29-22)10-4-2/h12-15,18,21-22,24H,3-11,16-17H2,1-2H3/t18?,21-,22-,24?/m1/s1. The van der Waals surface area contributed by atoms with Gasteiger partial charge in [0.2, 0.25) is 0 Å². The van der Waals surface area contributed by atoms with Crippen LogP contribution in [0.15, 0.2) is 24.3 Å². The van der Waals surface area contributed by atoms with Crippen LogP contribution in [0, 0.1) is 5.92 Å². The maximum atomic E-state index is 12.0. The molecule has 0 aliphatic carbocycles. The molecule has 0 radical (unpaired) electrons. The van der Waals surface area contributed by atoms with Crippen molar-refractivity contribution >= 4 is 5.97 Å². The Morgan fingerprint density at radius 3 is 2.31 bits per heavy atom. The minimum Gasteiger partial charge on any atom is -0.425 e. The molecular weight excluding hydrogens is 368 g/mol. The lowest BCUT2D eigenvalue weighted by atomic mass is 10.0. The quantitative estimate of drug-likeness (QED) is 0.197. The van der Waals surface area contributed by atoms with E-state index >= 15 is 0 Å². The van der Waals surface area contributed by atoms with Gasteiger partial charge in [-0.3, -0.25) is 0 Å². The highest BCUT2D eigenvalue weighted by molar-refractivity contribution is 5.80. The zero-order chi connectivity index (χ0) is 20.5. The van der Waals surface area contributed by atoms with Gasteiger partial charge in [0.15, 0.2) is 12.4 Å². The van der Waals surface area contributed by atoms with E-state index in [-0.39, 0.29) is 18.4 Å². The first-order valence-corrected chi connectivity index (χ1v) is 11.4. The molecule has 0 spiro atoms. The first-order valence-electron chi connectivity index (χ1n) is 11.4. The largest absolute Gasteiger partial charge is 0.425 e. The Hall–Kier alpha value is -1.43. The van der Waals surface area contributed by atoms with Crippen molar-refractivity contribution in [3.63, 3.8) is 0 Å². The summed E-state index contributed by atoms with van der Waals surface area (Å²) < 4.78 is 22.6. The maximum Gasteiger partial charge on any atom is 0.343 e. The van der Waals surface area contributed by atoms with Crippen LogP contribution in [0.25, 0.3) is 0 Å². The lowest BCUT2D eigenvalue weighted by Gasteiger charge is -2.29. The van der Waals surface area contributed by atoms with Gasteiger partial charge in [-0.25, -0.2) is 4.79 Å². The van der Waals surface area contributed by atoms with Crippen molar-refractivity contribution in [3.8, 4) is 5.75 Å². The van der Waals surface area contributed by atoms with Gasteiger partial charge in [0, 0.05) is 11.5 Å². The lowest BCUT2D eigenvalue weighted by molar-refractivity contribution is -0.206. The molecule has 0 amide bonds. The molecular formula is C24H36O5. The highest BCUT2D eigenvalue weighted by atomic mass is 16.7. The molecule has 2 aliphatic rings. The first kappa shape index (κ1) is 22.3. The lowest BCUT2D eigenvalue weighted by Crippen LogP contribution is -2.27. The van der Waals surface area contributed by atoms with Gasteiger partial charge in [-0.05, 0) is 25.0 Å². The van der Waals surface area contributed by atoms with E-state index in [2.05, 4.69) is 13.8 Å². The molecule has 3 rings (SSSR count). The number of esters is 1. The maximum absolute atomic E-state index is 12.0. The van der Waals surface area contributed by atoms with Gasteiger partial charge in [-0.2, -0.15) is 0 Å². The van der Waals surface area contributed by atoms with Crippen molar-refractivity contribution in [2.24, 2.45) is 5.92 Å². The normalized spacial score (nSPS) is 26.3. The number of carbonyl (C=O) groups excluding carboxylic acids is 1. The summed E-state index contributed by atoms with van der Waals surface area (Å²) in [6.45, 7) is 5.82. The van der Waals surface area contributed by atoms with Crippen molar-refractivity contribution in [2.75, 3.05) is 13.2 Å². The zero-order valence-corrected chi connectivity index (χ0v) is 17.9. The van der Waals surface area contributed by atoms with Gasteiger partial charge >= 0.3 is 5.97 Å². The van der Waals surface area contributed by atoms with Crippen LogP contribution in [0.1, 0.15) is 83.5 Å². The fourth-order valence-corrected chi connectivity index (χ4v) is 3.84. The second kappa shape index (κ2) is 11.7. The molecule has 29 heavy (non-hydrogen) atoms. The number of carbonyl (C=O) groups is 1. The predicted molar refractivity (Wildman–Crippen MR) is 112 cm³/mol. The SMILES string of the molecule is CCCCCCCCC1COC(c2ccc(OC(=O)[C@@H]3O[C@@H]3CCC)cc2)OC1. The number of hydrogen-bond acceptors (Lipinski definition) is 5. The molecule has 2 saturated heterocycles. The second-order valence-corrected chi connectivity index (χ2v) is 8.30. The third kappa shape index (κ3) is 7.09. The first-order chi connectivity index (χ1) is 14.2. The van der Waals surface area contributed by atoms with E-state index in [9.17, 15) is 4.79 Å². The Balaban J connectivity index is 1.34. The molecule has 2 atom stereocenters. The molecule has 2 fully saturated rings. The number of rotatable bonds is 12. The fourth-order valence-electron chi connectivity index (χ4n) is 3.84. The molecule has 2 aliphatic heterocycles. The van der Waals surface area contributed by atoms with Crippen LogP contribution in [0.4, 0.5) is 0 Å². The monoisotopic (exact) mass is 404 g/mol. The smallest absolute Gasteiger partial charge is 0.343 e. The number of unbranched alkanes of at least 4 members (excludes halogenated alkanes) is 5. The van der Waals surface area contributed by atoms with Crippen molar-refractivity contribution < 1.29 is 23.7 Å². The molecule has 0 unspecified atom stereocenters. The van der Waals surface area contributed by atoms with Gasteiger partial charge in [-0.1, -0.05) is 70.9 Å². The number of benzene rings is 1. The third-order valence-corrected chi connectivity index (χ3v) is 5.69. The van der Waals surface area contributed by atoms with Crippen molar-refractivity contribution in [1.82, 2.24) is 0 Å². The summed E-state index contributed by atoms with van der Waals surface area (Å²) in [4.78, 5) is 12.0. The Bertz CT molecular complexity index is 606. The van der Waals surface area contributed by atoms with Crippen LogP contribution in [-0.4, -0.2) is 31.4 Å². The summed E-state index contributed by atoms with van der Waals surface area (Å²) in [5, 5.41) is 0. The van der Waals surface area contributed by atoms with Crippen molar-refractivity contribution in [3.05, 3.63) is 29.8 Å². The summed E-state index contributed by atoms with van der Waals surface area (Å²) in [5.74, 6) is 0.715. The number of hydrogen-bond donors (Lipinski definition) is 0. The average Bonchev–Trinajstić information content (AvgIpc) is 3.51. The summed E-state index contributed by atoms with van der Waals surface area (Å²) in [6.07, 6.45) is 10.3. The van der Waals surface area contributed by atoms with E-state index in [1.165, 1.54) is 44.9 Å². The minimum atomic E-state index is -0.400. The average molecular weight is 405 g/mol. The molecule has 162 valence electrons. The Labute approximate surface area is 175 Å².